The van der Waals surface area contributed by atoms with Crippen LogP contribution in [0.1, 0.15) is 29.5 Å². The van der Waals surface area contributed by atoms with Gasteiger partial charge in [0, 0.05) is 24.1 Å². The Morgan fingerprint density at radius 3 is 2.27 bits per heavy atom. The molecule has 8 heteroatoms. The van der Waals surface area contributed by atoms with E-state index < -0.39 is 0 Å². The lowest BCUT2D eigenvalue weighted by Gasteiger charge is -2.10. The molecule has 0 unspecified atom stereocenters. The van der Waals surface area contributed by atoms with Crippen LogP contribution in [-0.2, 0) is 30.7 Å². The Kier molecular flexibility index (Phi) is 9.17. The van der Waals surface area contributed by atoms with Crippen molar-refractivity contribution in [3.05, 3.63) is 47.5 Å². The average molecular weight is 359 g/mol. The van der Waals surface area contributed by atoms with E-state index in [1.54, 1.807) is 30.1 Å². The van der Waals surface area contributed by atoms with Gasteiger partial charge in [0.15, 0.2) is 11.9 Å². The highest BCUT2D eigenvalue weighted by atomic mass is 17.2. The molecule has 0 saturated heterocycles. The van der Waals surface area contributed by atoms with Crippen molar-refractivity contribution < 1.29 is 24.2 Å². The summed E-state index contributed by atoms with van der Waals surface area (Å²) in [6.45, 7) is 4.21. The van der Waals surface area contributed by atoms with Crippen LogP contribution in [0.4, 0.5) is 0 Å². The van der Waals surface area contributed by atoms with Gasteiger partial charge in [-0.15, -0.1) is 6.58 Å². The fourth-order valence-corrected chi connectivity index (χ4v) is 1.96. The Morgan fingerprint density at radius 1 is 1.12 bits per heavy atom. The third kappa shape index (κ3) is 7.17. The third-order valence-corrected chi connectivity index (χ3v) is 3.23. The first-order chi connectivity index (χ1) is 12.5. The fraction of sp³-hybridized carbons (Fsp3) is 0.278. The lowest BCUT2D eigenvalue weighted by molar-refractivity contribution is -0.286. The van der Waals surface area contributed by atoms with Crippen molar-refractivity contribution in [2.75, 3.05) is 13.2 Å². The molecule has 0 fully saturated rings. The summed E-state index contributed by atoms with van der Waals surface area (Å²) >= 11 is 0. The zero-order valence-electron chi connectivity index (χ0n) is 14.2. The Hall–Kier alpha value is -3.15. The number of amides is 1. The molecule has 1 aromatic rings. The molecule has 0 radical (unpaired) electrons. The van der Waals surface area contributed by atoms with Gasteiger partial charge in [-0.05, 0) is 30.2 Å². The van der Waals surface area contributed by atoms with Crippen LogP contribution in [0, 0.1) is 0 Å². The third-order valence-electron chi connectivity index (χ3n) is 3.23. The molecule has 0 bridgehead atoms. The maximum atomic E-state index is 11.8. The molecule has 1 rings (SSSR count). The van der Waals surface area contributed by atoms with E-state index in [0.29, 0.717) is 23.1 Å². The van der Waals surface area contributed by atoms with Crippen LogP contribution >= 0.6 is 0 Å². The summed E-state index contributed by atoms with van der Waals surface area (Å²) in [5, 5.41) is 2.72. The quantitative estimate of drug-likeness (QED) is 0.172. The van der Waals surface area contributed by atoms with Crippen molar-refractivity contribution in [3.63, 3.8) is 0 Å². The van der Waals surface area contributed by atoms with Crippen molar-refractivity contribution in [2.45, 2.75) is 19.4 Å². The number of hydrogen-bond acceptors (Lipinski definition) is 7. The van der Waals surface area contributed by atoms with E-state index in [-0.39, 0.29) is 43.5 Å². The molecule has 0 aliphatic carbocycles. The monoisotopic (exact) mass is 359 g/mol. The van der Waals surface area contributed by atoms with Crippen molar-refractivity contribution >= 4 is 29.2 Å². The molecule has 0 heterocycles. The smallest absolute Gasteiger partial charge is 0.220 e. The van der Waals surface area contributed by atoms with Gasteiger partial charge < -0.3 is 16.8 Å². The molecule has 1 aromatic carbocycles. The zero-order valence-corrected chi connectivity index (χ0v) is 14.2. The molecule has 0 atom stereocenters. The Bertz CT molecular complexity index is 705. The van der Waals surface area contributed by atoms with Crippen LogP contribution < -0.4 is 16.8 Å². The van der Waals surface area contributed by atoms with Crippen molar-refractivity contribution in [1.82, 2.24) is 5.32 Å². The van der Waals surface area contributed by atoms with Gasteiger partial charge in [0.25, 0.3) is 0 Å². The summed E-state index contributed by atoms with van der Waals surface area (Å²) in [6, 6.07) is 4.69. The summed E-state index contributed by atoms with van der Waals surface area (Å²) in [5.41, 5.74) is 12.2. The molecule has 138 valence electrons. The Morgan fingerprint density at radius 2 is 1.73 bits per heavy atom. The standard InChI is InChI=1S/C18H21N3O5/c1-2-5-25-26-6-3-4-18(24)21-10-13-7-14(16(19)11-22)9-15(8-13)17(20)12-23/h2,7-9H,1,3-6,10,19-20H2,(H,21,24). The van der Waals surface area contributed by atoms with Gasteiger partial charge in [0.05, 0.1) is 6.61 Å². The first kappa shape index (κ1) is 20.9. The lowest BCUT2D eigenvalue weighted by atomic mass is 10.0. The highest BCUT2D eigenvalue weighted by molar-refractivity contribution is 5.90. The number of carbonyl (C=O) groups is 1. The molecule has 0 aliphatic heterocycles. The second-order valence-corrected chi connectivity index (χ2v) is 5.23. The highest BCUT2D eigenvalue weighted by Crippen LogP contribution is 2.17. The van der Waals surface area contributed by atoms with Gasteiger partial charge in [0.1, 0.15) is 18.0 Å². The lowest BCUT2D eigenvalue weighted by Crippen LogP contribution is -2.23. The molecule has 0 aromatic heterocycles. The number of benzene rings is 1. The van der Waals surface area contributed by atoms with Gasteiger partial charge in [-0.25, -0.2) is 19.4 Å². The zero-order chi connectivity index (χ0) is 19.4. The molecule has 5 N–H and O–H groups in total. The molecule has 0 spiro atoms. The SMILES string of the molecule is C=CCOOCCCC(=O)NCc1cc(C(N)=C=O)cc(C(N)=C=O)c1. The molecular formula is C18H21N3O5. The second kappa shape index (κ2) is 11.4. The summed E-state index contributed by atoms with van der Waals surface area (Å²) < 4.78 is 0. The summed E-state index contributed by atoms with van der Waals surface area (Å²) in [4.78, 5) is 42.9. The van der Waals surface area contributed by atoms with Crippen LogP contribution in [0.25, 0.3) is 11.4 Å². The number of nitrogens with two attached hydrogens (primary N) is 2. The van der Waals surface area contributed by atoms with Crippen molar-refractivity contribution in [3.8, 4) is 0 Å². The minimum atomic E-state index is -0.193. The average Bonchev–Trinajstić information content (AvgIpc) is 2.67. The normalized spacial score (nSPS) is 9.69. The first-order valence-corrected chi connectivity index (χ1v) is 7.79. The molecule has 0 saturated carbocycles. The molecule has 26 heavy (non-hydrogen) atoms. The molecule has 0 aliphatic rings. The number of nitrogens with one attached hydrogen (secondary N) is 1. The van der Waals surface area contributed by atoms with Crippen LogP contribution in [0.15, 0.2) is 30.9 Å². The van der Waals surface area contributed by atoms with Crippen LogP contribution in [0.5, 0.6) is 0 Å². The fourth-order valence-electron chi connectivity index (χ4n) is 1.96. The molecular weight excluding hydrogens is 338 g/mol. The number of carbonyl (C=O) groups excluding carboxylic acids is 3. The van der Waals surface area contributed by atoms with E-state index >= 15 is 0 Å². The van der Waals surface area contributed by atoms with E-state index in [1.165, 1.54) is 6.07 Å². The maximum Gasteiger partial charge on any atom is 0.220 e. The second-order valence-electron chi connectivity index (χ2n) is 5.23. The Labute approximate surface area is 151 Å². The van der Waals surface area contributed by atoms with Crippen LogP contribution in [-0.4, -0.2) is 31.0 Å². The highest BCUT2D eigenvalue weighted by Gasteiger charge is 2.08. The Balaban J connectivity index is 2.65. The van der Waals surface area contributed by atoms with Gasteiger partial charge in [-0.1, -0.05) is 6.08 Å². The van der Waals surface area contributed by atoms with Gasteiger partial charge in [-0.3, -0.25) is 4.79 Å². The largest absolute Gasteiger partial charge is 0.389 e. The first-order valence-electron chi connectivity index (χ1n) is 7.79. The predicted octanol–water partition coefficient (Wildman–Crippen LogP) is 0.480. The van der Waals surface area contributed by atoms with E-state index in [2.05, 4.69) is 11.9 Å². The number of hydrogen-bond donors (Lipinski definition) is 3. The van der Waals surface area contributed by atoms with Gasteiger partial charge >= 0.3 is 0 Å². The van der Waals surface area contributed by atoms with E-state index in [4.69, 9.17) is 21.2 Å². The number of rotatable bonds is 11. The van der Waals surface area contributed by atoms with Gasteiger partial charge in [0.2, 0.25) is 5.91 Å². The van der Waals surface area contributed by atoms with Gasteiger partial charge in [-0.2, -0.15) is 0 Å². The van der Waals surface area contributed by atoms with Crippen LogP contribution in [0.3, 0.4) is 0 Å². The minimum absolute atomic E-state index is 0.130. The predicted molar refractivity (Wildman–Crippen MR) is 96.2 cm³/mol. The van der Waals surface area contributed by atoms with Crippen LogP contribution in [0.2, 0.25) is 0 Å². The topological polar surface area (TPSA) is 134 Å². The summed E-state index contributed by atoms with van der Waals surface area (Å²) in [6.07, 6.45) is 2.28. The maximum absolute atomic E-state index is 11.8. The molecule has 1 amide bonds. The van der Waals surface area contributed by atoms with E-state index in [0.717, 1.165) is 0 Å². The van der Waals surface area contributed by atoms with E-state index in [1.807, 2.05) is 0 Å². The summed E-state index contributed by atoms with van der Waals surface area (Å²) in [5.74, 6) is 2.97. The van der Waals surface area contributed by atoms with E-state index in [9.17, 15) is 14.4 Å². The molecule has 8 nitrogen and oxygen atoms in total. The minimum Gasteiger partial charge on any atom is -0.389 e. The summed E-state index contributed by atoms with van der Waals surface area (Å²) in [7, 11) is 0. The van der Waals surface area contributed by atoms with Crippen molar-refractivity contribution in [1.29, 1.82) is 0 Å². The van der Waals surface area contributed by atoms with Crippen molar-refractivity contribution in [2.24, 2.45) is 11.5 Å².